The van der Waals surface area contributed by atoms with E-state index in [2.05, 4.69) is 49.4 Å². The maximum atomic E-state index is 12.9. The Morgan fingerprint density at radius 2 is 1.73 bits per heavy atom. The summed E-state index contributed by atoms with van der Waals surface area (Å²) in [4.78, 5) is 26.5. The lowest BCUT2D eigenvalue weighted by Gasteiger charge is -2.19. The molecule has 3 heterocycles. The largest absolute Gasteiger partial charge is 0.372 e. The Balaban J connectivity index is 1.35. The van der Waals surface area contributed by atoms with Gasteiger partial charge in [0.05, 0.1) is 0 Å². The fourth-order valence-electron chi connectivity index (χ4n) is 4.26. The van der Waals surface area contributed by atoms with E-state index in [0.717, 1.165) is 43.1 Å². The number of hydrogen-bond donors (Lipinski definition) is 1. The lowest BCUT2D eigenvalue weighted by Crippen LogP contribution is -2.21. The van der Waals surface area contributed by atoms with Gasteiger partial charge in [0.1, 0.15) is 5.69 Å². The molecule has 2 aliphatic heterocycles. The Bertz CT molecular complexity index is 1070. The first-order valence-electron chi connectivity index (χ1n) is 10.5. The molecule has 0 saturated carbocycles. The van der Waals surface area contributed by atoms with Crippen molar-refractivity contribution in [2.45, 2.75) is 26.2 Å². The minimum absolute atomic E-state index is 0.219. The van der Waals surface area contributed by atoms with Crippen molar-refractivity contribution >= 4 is 28.9 Å². The number of amides is 1. The van der Waals surface area contributed by atoms with Crippen molar-refractivity contribution in [1.29, 1.82) is 0 Å². The van der Waals surface area contributed by atoms with Crippen LogP contribution in [0.2, 0.25) is 0 Å². The van der Waals surface area contributed by atoms with E-state index in [-0.39, 0.29) is 5.91 Å². The number of carbonyl (C=O) groups excluding carboxylic acids is 1. The van der Waals surface area contributed by atoms with Crippen LogP contribution in [0.5, 0.6) is 0 Å². The maximum absolute atomic E-state index is 12.9. The van der Waals surface area contributed by atoms with Gasteiger partial charge in [0, 0.05) is 42.4 Å². The van der Waals surface area contributed by atoms with E-state index in [9.17, 15) is 4.79 Å². The van der Waals surface area contributed by atoms with Gasteiger partial charge >= 0.3 is 0 Å². The second-order valence-electron chi connectivity index (χ2n) is 7.92. The average Bonchev–Trinajstić information content (AvgIpc) is 3.44. The van der Waals surface area contributed by atoms with Crippen molar-refractivity contribution in [3.8, 4) is 0 Å². The summed E-state index contributed by atoms with van der Waals surface area (Å²) in [6.45, 7) is 4.93. The molecule has 0 atom stereocenters. The number of fused-ring (bicyclic) bond motifs is 1. The van der Waals surface area contributed by atoms with E-state index < -0.39 is 0 Å². The Kier molecular flexibility index (Phi) is 4.83. The van der Waals surface area contributed by atoms with Crippen LogP contribution in [0.4, 0.5) is 23.0 Å². The molecule has 5 rings (SSSR count). The summed E-state index contributed by atoms with van der Waals surface area (Å²) in [5.74, 6) is 0.359. The van der Waals surface area contributed by atoms with Gasteiger partial charge in [-0.25, -0.2) is 9.97 Å². The number of benzene rings is 2. The molecule has 3 aromatic rings. The van der Waals surface area contributed by atoms with Crippen LogP contribution in [-0.2, 0) is 6.42 Å². The first-order valence-corrected chi connectivity index (χ1v) is 10.5. The molecule has 1 N–H and O–H groups in total. The van der Waals surface area contributed by atoms with Crippen LogP contribution in [0.25, 0.3) is 0 Å². The summed E-state index contributed by atoms with van der Waals surface area (Å²) < 4.78 is 0. The molecule has 0 aliphatic carbocycles. The summed E-state index contributed by atoms with van der Waals surface area (Å²) in [6.07, 6.45) is 3.45. The molecule has 6 heteroatoms. The van der Waals surface area contributed by atoms with Crippen molar-refractivity contribution in [2.75, 3.05) is 34.8 Å². The zero-order chi connectivity index (χ0) is 20.5. The fourth-order valence-corrected chi connectivity index (χ4v) is 4.26. The third kappa shape index (κ3) is 3.61. The first kappa shape index (κ1) is 18.6. The summed E-state index contributed by atoms with van der Waals surface area (Å²) in [6, 6.07) is 18.1. The van der Waals surface area contributed by atoms with Gasteiger partial charge < -0.3 is 15.1 Å². The van der Waals surface area contributed by atoms with E-state index in [1.165, 1.54) is 24.1 Å². The number of nitrogens with one attached hydrogen (secondary N) is 1. The molecule has 1 aromatic heterocycles. The monoisotopic (exact) mass is 399 g/mol. The van der Waals surface area contributed by atoms with Crippen LogP contribution in [0, 0.1) is 6.92 Å². The zero-order valence-electron chi connectivity index (χ0n) is 17.1. The summed E-state index contributed by atoms with van der Waals surface area (Å²) >= 11 is 0. The average molecular weight is 399 g/mol. The lowest BCUT2D eigenvalue weighted by molar-refractivity contribution is 0.102. The van der Waals surface area contributed by atoms with Crippen LogP contribution in [0.15, 0.2) is 54.6 Å². The Hall–Kier alpha value is -3.41. The number of anilines is 4. The highest BCUT2D eigenvalue weighted by Crippen LogP contribution is 2.32. The molecule has 0 unspecified atom stereocenters. The highest BCUT2D eigenvalue weighted by Gasteiger charge is 2.23. The van der Waals surface area contributed by atoms with Crippen molar-refractivity contribution in [2.24, 2.45) is 0 Å². The predicted molar refractivity (Wildman–Crippen MR) is 120 cm³/mol. The van der Waals surface area contributed by atoms with Crippen LogP contribution >= 0.6 is 0 Å². The fraction of sp³-hybridized carbons (Fsp3) is 0.292. The van der Waals surface area contributed by atoms with Gasteiger partial charge in [-0.05, 0) is 68.1 Å². The SMILES string of the molecule is Cc1cc(C(=O)Nc2ccc(N3CCCC3)cc2)nc(N2CCc3ccccc32)n1. The summed E-state index contributed by atoms with van der Waals surface area (Å²) in [5.41, 5.74) is 5.54. The molecule has 152 valence electrons. The van der Waals surface area contributed by atoms with Crippen molar-refractivity contribution in [3.05, 3.63) is 71.5 Å². The molecule has 1 amide bonds. The van der Waals surface area contributed by atoms with E-state index in [1.807, 2.05) is 31.2 Å². The lowest BCUT2D eigenvalue weighted by atomic mass is 10.2. The number of rotatable bonds is 4. The van der Waals surface area contributed by atoms with Crippen molar-refractivity contribution in [1.82, 2.24) is 9.97 Å². The van der Waals surface area contributed by atoms with Crippen LogP contribution < -0.4 is 15.1 Å². The minimum Gasteiger partial charge on any atom is -0.372 e. The smallest absolute Gasteiger partial charge is 0.274 e. The molecule has 2 aromatic carbocycles. The number of aromatic nitrogens is 2. The zero-order valence-corrected chi connectivity index (χ0v) is 17.1. The van der Waals surface area contributed by atoms with Crippen molar-refractivity contribution < 1.29 is 4.79 Å². The molecule has 0 bridgehead atoms. The maximum Gasteiger partial charge on any atom is 0.274 e. The standard InChI is InChI=1S/C24H25N5O/c1-17-16-21(27-24(25-17)29-15-12-18-6-2-3-7-22(18)29)23(30)26-19-8-10-20(11-9-19)28-13-4-5-14-28/h2-3,6-11,16H,4-5,12-15H2,1H3,(H,26,30). The molecular formula is C24H25N5O. The molecule has 1 fully saturated rings. The molecule has 6 nitrogen and oxygen atoms in total. The van der Waals surface area contributed by atoms with Gasteiger partial charge in [0.2, 0.25) is 5.95 Å². The van der Waals surface area contributed by atoms with Gasteiger partial charge in [0.25, 0.3) is 5.91 Å². The molecular weight excluding hydrogens is 374 g/mol. The van der Waals surface area contributed by atoms with Crippen LogP contribution in [-0.4, -0.2) is 35.5 Å². The molecule has 0 radical (unpaired) electrons. The molecule has 2 aliphatic rings. The van der Waals surface area contributed by atoms with Gasteiger partial charge in [0.15, 0.2) is 0 Å². The second-order valence-corrected chi connectivity index (χ2v) is 7.92. The minimum atomic E-state index is -0.219. The van der Waals surface area contributed by atoms with Gasteiger partial charge in [-0.2, -0.15) is 0 Å². The van der Waals surface area contributed by atoms with Crippen molar-refractivity contribution in [3.63, 3.8) is 0 Å². The second kappa shape index (κ2) is 7.78. The third-order valence-corrected chi connectivity index (χ3v) is 5.80. The third-order valence-electron chi connectivity index (χ3n) is 5.80. The van der Waals surface area contributed by atoms with Gasteiger partial charge in [-0.3, -0.25) is 4.79 Å². The number of carbonyl (C=O) groups is 1. The van der Waals surface area contributed by atoms with E-state index in [4.69, 9.17) is 0 Å². The highest BCUT2D eigenvalue weighted by atomic mass is 16.1. The Morgan fingerprint density at radius 3 is 2.53 bits per heavy atom. The van der Waals surface area contributed by atoms with Gasteiger partial charge in [-0.1, -0.05) is 18.2 Å². The molecule has 30 heavy (non-hydrogen) atoms. The van der Waals surface area contributed by atoms with E-state index in [0.29, 0.717) is 11.6 Å². The topological polar surface area (TPSA) is 61.4 Å². The Labute approximate surface area is 176 Å². The van der Waals surface area contributed by atoms with Gasteiger partial charge in [-0.15, -0.1) is 0 Å². The van der Waals surface area contributed by atoms with Crippen LogP contribution in [0.3, 0.4) is 0 Å². The molecule has 0 spiro atoms. The number of aryl methyl sites for hydroxylation is 1. The van der Waals surface area contributed by atoms with Crippen LogP contribution in [0.1, 0.15) is 34.6 Å². The predicted octanol–water partition coefficient (Wildman–Crippen LogP) is 4.33. The van der Waals surface area contributed by atoms with E-state index in [1.54, 1.807) is 6.07 Å². The number of hydrogen-bond acceptors (Lipinski definition) is 5. The Morgan fingerprint density at radius 1 is 0.967 bits per heavy atom. The summed E-state index contributed by atoms with van der Waals surface area (Å²) in [7, 11) is 0. The first-order chi connectivity index (χ1) is 14.7. The molecule has 1 saturated heterocycles. The normalized spacial score (nSPS) is 15.4. The number of nitrogens with zero attached hydrogens (tertiary/aromatic N) is 4. The summed E-state index contributed by atoms with van der Waals surface area (Å²) in [5, 5.41) is 2.97. The number of para-hydroxylation sites is 1. The highest BCUT2D eigenvalue weighted by molar-refractivity contribution is 6.03. The van der Waals surface area contributed by atoms with E-state index >= 15 is 0 Å². The quantitative estimate of drug-likeness (QED) is 0.707.